The fourth-order valence-corrected chi connectivity index (χ4v) is 2.25. The summed E-state index contributed by atoms with van der Waals surface area (Å²) in [4.78, 5) is 13.0. The molecule has 0 spiro atoms. The number of rotatable bonds is 4. The first-order valence-corrected chi connectivity index (χ1v) is 6.66. The van der Waals surface area contributed by atoms with Gasteiger partial charge in [0.2, 0.25) is 0 Å². The fourth-order valence-electron chi connectivity index (χ4n) is 2.25. The summed E-state index contributed by atoms with van der Waals surface area (Å²) in [6.07, 6.45) is 0. The van der Waals surface area contributed by atoms with Gasteiger partial charge in [-0.05, 0) is 41.8 Å². The lowest BCUT2D eigenvalue weighted by molar-refractivity contribution is 0.0697. The van der Waals surface area contributed by atoms with Crippen molar-refractivity contribution in [1.82, 2.24) is 0 Å². The first-order valence-electron chi connectivity index (χ1n) is 6.66. The Kier molecular flexibility index (Phi) is 4.08. The third kappa shape index (κ3) is 2.82. The highest BCUT2D eigenvalue weighted by atomic mass is 16.4. The molecule has 2 rings (SSSR count). The van der Waals surface area contributed by atoms with Crippen LogP contribution in [0.3, 0.4) is 0 Å². The van der Waals surface area contributed by atoms with Crippen molar-refractivity contribution in [3.05, 3.63) is 59.7 Å². The molecule has 0 aliphatic carbocycles. The summed E-state index contributed by atoms with van der Waals surface area (Å²) in [6, 6.07) is 15.2. The van der Waals surface area contributed by atoms with Crippen molar-refractivity contribution >= 4 is 17.3 Å². The van der Waals surface area contributed by atoms with E-state index in [1.807, 2.05) is 31.3 Å². The number of carbonyl (C=O) groups is 1. The smallest absolute Gasteiger partial charge is 0.335 e. The number of benzene rings is 2. The molecule has 0 heterocycles. The van der Waals surface area contributed by atoms with Gasteiger partial charge in [-0.15, -0.1) is 0 Å². The van der Waals surface area contributed by atoms with Crippen molar-refractivity contribution in [3.8, 4) is 0 Å². The van der Waals surface area contributed by atoms with E-state index < -0.39 is 5.97 Å². The van der Waals surface area contributed by atoms with Crippen LogP contribution in [0.1, 0.15) is 35.7 Å². The van der Waals surface area contributed by atoms with E-state index >= 15 is 0 Å². The summed E-state index contributed by atoms with van der Waals surface area (Å²) in [6.45, 7) is 4.33. The van der Waals surface area contributed by atoms with E-state index in [2.05, 4.69) is 30.9 Å². The number of hydrogen-bond donors (Lipinski definition) is 1. The Hall–Kier alpha value is -2.29. The summed E-state index contributed by atoms with van der Waals surface area (Å²) in [5.41, 5.74) is 3.70. The minimum absolute atomic E-state index is 0.305. The van der Waals surface area contributed by atoms with Crippen molar-refractivity contribution in [3.63, 3.8) is 0 Å². The van der Waals surface area contributed by atoms with Gasteiger partial charge in [0.25, 0.3) is 0 Å². The van der Waals surface area contributed by atoms with Crippen molar-refractivity contribution in [2.24, 2.45) is 0 Å². The first kappa shape index (κ1) is 14.1. The van der Waals surface area contributed by atoms with E-state index in [0.717, 1.165) is 11.4 Å². The van der Waals surface area contributed by atoms with Crippen LogP contribution in [0.25, 0.3) is 0 Å². The molecule has 0 saturated heterocycles. The Morgan fingerprint density at radius 2 is 1.65 bits per heavy atom. The van der Waals surface area contributed by atoms with Crippen LogP contribution >= 0.6 is 0 Å². The first-order chi connectivity index (χ1) is 9.50. The summed E-state index contributed by atoms with van der Waals surface area (Å²) in [5.74, 6) is -0.464. The summed E-state index contributed by atoms with van der Waals surface area (Å²) in [7, 11) is 2.00. The van der Waals surface area contributed by atoms with Gasteiger partial charge in [0.15, 0.2) is 0 Å². The molecule has 0 bridgehead atoms. The third-order valence-corrected chi connectivity index (χ3v) is 3.42. The van der Waals surface area contributed by atoms with E-state index in [9.17, 15) is 4.79 Å². The quantitative estimate of drug-likeness (QED) is 0.900. The van der Waals surface area contributed by atoms with Crippen LogP contribution in [0, 0.1) is 0 Å². The summed E-state index contributed by atoms with van der Waals surface area (Å²) < 4.78 is 0. The molecule has 2 aromatic carbocycles. The largest absolute Gasteiger partial charge is 0.478 e. The van der Waals surface area contributed by atoms with Crippen LogP contribution < -0.4 is 4.90 Å². The molecule has 3 heteroatoms. The number of nitrogens with zero attached hydrogens (tertiary/aromatic N) is 1. The van der Waals surface area contributed by atoms with E-state index in [1.54, 1.807) is 12.1 Å². The number of para-hydroxylation sites is 1. The van der Waals surface area contributed by atoms with Gasteiger partial charge < -0.3 is 10.0 Å². The van der Waals surface area contributed by atoms with Crippen LogP contribution in [-0.2, 0) is 0 Å². The molecule has 0 aliphatic heterocycles. The Morgan fingerprint density at radius 3 is 2.20 bits per heavy atom. The van der Waals surface area contributed by atoms with E-state index in [1.165, 1.54) is 5.56 Å². The molecule has 0 unspecified atom stereocenters. The van der Waals surface area contributed by atoms with Crippen LogP contribution in [0.4, 0.5) is 11.4 Å². The van der Waals surface area contributed by atoms with Crippen LogP contribution in [0.5, 0.6) is 0 Å². The standard InChI is InChI=1S/C17H19NO2/c1-12(2)15-6-4-5-7-16(15)18(3)14-10-8-13(9-11-14)17(19)20/h4-12H,1-3H3,(H,19,20). The second kappa shape index (κ2) is 5.78. The Bertz CT molecular complexity index is 603. The molecule has 20 heavy (non-hydrogen) atoms. The van der Waals surface area contributed by atoms with Crippen molar-refractivity contribution < 1.29 is 9.90 Å². The molecule has 2 aromatic rings. The zero-order valence-corrected chi connectivity index (χ0v) is 12.0. The van der Waals surface area contributed by atoms with Gasteiger partial charge in [-0.3, -0.25) is 0 Å². The zero-order chi connectivity index (χ0) is 14.7. The van der Waals surface area contributed by atoms with Gasteiger partial charge in [-0.1, -0.05) is 32.0 Å². The monoisotopic (exact) mass is 269 g/mol. The van der Waals surface area contributed by atoms with Gasteiger partial charge in [-0.2, -0.15) is 0 Å². The van der Waals surface area contributed by atoms with Crippen molar-refractivity contribution in [1.29, 1.82) is 0 Å². The lowest BCUT2D eigenvalue weighted by atomic mass is 10.0. The number of carboxylic acids is 1. The maximum Gasteiger partial charge on any atom is 0.335 e. The zero-order valence-electron chi connectivity index (χ0n) is 12.0. The predicted octanol–water partition coefficient (Wildman–Crippen LogP) is 4.28. The molecule has 0 fully saturated rings. The van der Waals surface area contributed by atoms with Gasteiger partial charge in [0.1, 0.15) is 0 Å². The lowest BCUT2D eigenvalue weighted by Gasteiger charge is -2.24. The molecule has 0 atom stereocenters. The molecule has 0 aliphatic rings. The van der Waals surface area contributed by atoms with Crippen molar-refractivity contribution in [2.45, 2.75) is 19.8 Å². The minimum atomic E-state index is -0.901. The Labute approximate surface area is 119 Å². The Balaban J connectivity index is 2.36. The third-order valence-electron chi connectivity index (χ3n) is 3.42. The predicted molar refractivity (Wildman–Crippen MR) is 82.0 cm³/mol. The van der Waals surface area contributed by atoms with Gasteiger partial charge >= 0.3 is 5.97 Å². The molecule has 0 saturated carbocycles. The van der Waals surface area contributed by atoms with Crippen molar-refractivity contribution in [2.75, 3.05) is 11.9 Å². The maximum atomic E-state index is 10.9. The highest BCUT2D eigenvalue weighted by Crippen LogP contribution is 2.31. The summed E-state index contributed by atoms with van der Waals surface area (Å²) >= 11 is 0. The second-order valence-corrected chi connectivity index (χ2v) is 5.12. The molecule has 104 valence electrons. The molecule has 0 radical (unpaired) electrons. The van der Waals surface area contributed by atoms with Gasteiger partial charge in [-0.25, -0.2) is 4.79 Å². The highest BCUT2D eigenvalue weighted by molar-refractivity contribution is 5.88. The number of hydrogen-bond acceptors (Lipinski definition) is 2. The number of anilines is 2. The number of aromatic carboxylic acids is 1. The van der Waals surface area contributed by atoms with E-state index in [0.29, 0.717) is 11.5 Å². The van der Waals surface area contributed by atoms with Crippen LogP contribution in [0.15, 0.2) is 48.5 Å². The lowest BCUT2D eigenvalue weighted by Crippen LogP contribution is -2.12. The molecule has 0 aromatic heterocycles. The topological polar surface area (TPSA) is 40.5 Å². The van der Waals surface area contributed by atoms with Gasteiger partial charge in [0, 0.05) is 18.4 Å². The Morgan fingerprint density at radius 1 is 1.05 bits per heavy atom. The number of carboxylic acid groups (broad SMARTS) is 1. The van der Waals surface area contributed by atoms with E-state index in [-0.39, 0.29) is 0 Å². The average Bonchev–Trinajstić information content (AvgIpc) is 2.46. The molecule has 3 nitrogen and oxygen atoms in total. The SMILES string of the molecule is CC(C)c1ccccc1N(C)c1ccc(C(=O)O)cc1. The molecular formula is C17H19NO2. The molecule has 1 N–H and O–H groups in total. The second-order valence-electron chi connectivity index (χ2n) is 5.12. The fraction of sp³-hybridized carbons (Fsp3) is 0.235. The molecule has 0 amide bonds. The summed E-state index contributed by atoms with van der Waals surface area (Å²) in [5, 5.41) is 8.93. The van der Waals surface area contributed by atoms with Crippen LogP contribution in [0.2, 0.25) is 0 Å². The van der Waals surface area contributed by atoms with Crippen LogP contribution in [-0.4, -0.2) is 18.1 Å². The van der Waals surface area contributed by atoms with E-state index in [4.69, 9.17) is 5.11 Å². The average molecular weight is 269 g/mol. The molecular weight excluding hydrogens is 250 g/mol. The highest BCUT2D eigenvalue weighted by Gasteiger charge is 2.11. The normalized spacial score (nSPS) is 10.6. The maximum absolute atomic E-state index is 10.9. The van der Waals surface area contributed by atoms with Gasteiger partial charge in [0.05, 0.1) is 5.56 Å². The minimum Gasteiger partial charge on any atom is -0.478 e.